The van der Waals surface area contributed by atoms with Gasteiger partial charge in [0.1, 0.15) is 6.07 Å². The van der Waals surface area contributed by atoms with Crippen LogP contribution in [0.2, 0.25) is 0 Å². The Morgan fingerprint density at radius 1 is 1.42 bits per heavy atom. The minimum Gasteiger partial charge on any atom is -0.461 e. The Bertz CT molecular complexity index is 544. The van der Waals surface area contributed by atoms with Crippen molar-refractivity contribution in [3.63, 3.8) is 0 Å². The SMILES string of the molecule is CCOC(=O)C(C#N)=NNc1c(Br)cc(Br)cc1Br. The third-order valence-electron chi connectivity index (χ3n) is 1.86. The van der Waals surface area contributed by atoms with Gasteiger partial charge in [-0.05, 0) is 50.9 Å². The summed E-state index contributed by atoms with van der Waals surface area (Å²) >= 11 is 10.0. The van der Waals surface area contributed by atoms with Crippen LogP contribution in [0, 0.1) is 11.3 Å². The Labute approximate surface area is 135 Å². The summed E-state index contributed by atoms with van der Waals surface area (Å²) in [5, 5.41) is 12.6. The van der Waals surface area contributed by atoms with E-state index in [1.54, 1.807) is 25.1 Å². The highest BCUT2D eigenvalue weighted by atomic mass is 79.9. The van der Waals surface area contributed by atoms with Crippen molar-refractivity contribution in [3.8, 4) is 6.07 Å². The molecule has 0 aliphatic heterocycles. The van der Waals surface area contributed by atoms with E-state index in [0.29, 0.717) is 5.69 Å². The molecule has 0 saturated carbocycles. The van der Waals surface area contributed by atoms with Gasteiger partial charge in [0.05, 0.1) is 12.3 Å². The van der Waals surface area contributed by atoms with E-state index in [0.717, 1.165) is 13.4 Å². The monoisotopic (exact) mass is 451 g/mol. The van der Waals surface area contributed by atoms with Gasteiger partial charge >= 0.3 is 5.97 Å². The van der Waals surface area contributed by atoms with Crippen LogP contribution >= 0.6 is 47.8 Å². The summed E-state index contributed by atoms with van der Waals surface area (Å²) in [5.74, 6) is -0.762. The number of hydrogen-bond acceptors (Lipinski definition) is 5. The minimum absolute atomic E-state index is 0.186. The number of benzene rings is 1. The third kappa shape index (κ3) is 4.60. The van der Waals surface area contributed by atoms with Gasteiger partial charge in [-0.25, -0.2) is 4.79 Å². The maximum atomic E-state index is 11.4. The van der Waals surface area contributed by atoms with Gasteiger partial charge < -0.3 is 4.74 Å². The first kappa shape index (κ1) is 16.1. The molecule has 1 aromatic carbocycles. The van der Waals surface area contributed by atoms with Crippen molar-refractivity contribution in [2.24, 2.45) is 5.10 Å². The van der Waals surface area contributed by atoms with E-state index in [1.807, 2.05) is 0 Å². The predicted octanol–water partition coefficient (Wildman–Crippen LogP) is 3.83. The number of carbonyl (C=O) groups is 1. The summed E-state index contributed by atoms with van der Waals surface area (Å²) in [6, 6.07) is 5.29. The summed E-state index contributed by atoms with van der Waals surface area (Å²) in [5.41, 5.74) is 2.90. The zero-order valence-electron chi connectivity index (χ0n) is 9.71. The normalized spacial score (nSPS) is 10.8. The lowest BCUT2D eigenvalue weighted by Crippen LogP contribution is -2.17. The Balaban J connectivity index is 2.97. The van der Waals surface area contributed by atoms with Crippen molar-refractivity contribution in [2.45, 2.75) is 6.92 Å². The molecule has 0 radical (unpaired) electrons. The first-order valence-corrected chi connectivity index (χ1v) is 7.43. The summed E-state index contributed by atoms with van der Waals surface area (Å²) in [4.78, 5) is 11.4. The molecule has 0 spiro atoms. The fraction of sp³-hybridized carbons (Fsp3) is 0.182. The number of nitriles is 1. The van der Waals surface area contributed by atoms with Crippen molar-refractivity contribution in [2.75, 3.05) is 12.0 Å². The quantitative estimate of drug-likeness (QED) is 0.427. The molecule has 100 valence electrons. The van der Waals surface area contributed by atoms with E-state index in [-0.39, 0.29) is 12.3 Å². The average Bonchev–Trinajstić information content (AvgIpc) is 2.32. The third-order valence-corrected chi connectivity index (χ3v) is 3.57. The number of ether oxygens (including phenoxy) is 1. The van der Waals surface area contributed by atoms with Crippen LogP contribution in [0.15, 0.2) is 30.7 Å². The maximum Gasteiger partial charge on any atom is 0.369 e. The van der Waals surface area contributed by atoms with Crippen LogP contribution in [0.4, 0.5) is 5.69 Å². The molecule has 0 aliphatic rings. The number of hydrazone groups is 1. The number of esters is 1. The van der Waals surface area contributed by atoms with E-state index in [1.165, 1.54) is 0 Å². The van der Waals surface area contributed by atoms with Crippen LogP contribution in [0.25, 0.3) is 0 Å². The van der Waals surface area contributed by atoms with Gasteiger partial charge in [-0.15, -0.1) is 0 Å². The molecule has 8 heteroatoms. The molecule has 0 aliphatic carbocycles. The summed E-state index contributed by atoms with van der Waals surface area (Å²) < 4.78 is 7.01. The average molecular weight is 454 g/mol. The van der Waals surface area contributed by atoms with Crippen LogP contribution in [-0.4, -0.2) is 18.3 Å². The van der Waals surface area contributed by atoms with E-state index in [4.69, 9.17) is 10.00 Å². The van der Waals surface area contributed by atoms with Crippen LogP contribution in [0.5, 0.6) is 0 Å². The van der Waals surface area contributed by atoms with Gasteiger partial charge in [-0.2, -0.15) is 10.4 Å². The van der Waals surface area contributed by atoms with Crippen LogP contribution in [-0.2, 0) is 9.53 Å². The molecule has 0 aromatic heterocycles. The molecular formula is C11H8Br3N3O2. The topological polar surface area (TPSA) is 74.5 Å². The van der Waals surface area contributed by atoms with Gasteiger partial charge in [-0.3, -0.25) is 5.43 Å². The highest BCUT2D eigenvalue weighted by Gasteiger charge is 2.13. The van der Waals surface area contributed by atoms with Crippen LogP contribution < -0.4 is 5.43 Å². The van der Waals surface area contributed by atoms with Crippen molar-refractivity contribution < 1.29 is 9.53 Å². The zero-order valence-corrected chi connectivity index (χ0v) is 14.5. The largest absolute Gasteiger partial charge is 0.461 e. The molecule has 0 amide bonds. The first-order valence-electron chi connectivity index (χ1n) is 5.05. The Hall–Kier alpha value is -0.910. The van der Waals surface area contributed by atoms with E-state index in [2.05, 4.69) is 58.3 Å². The van der Waals surface area contributed by atoms with Crippen LogP contribution in [0.3, 0.4) is 0 Å². The number of nitrogens with zero attached hydrogens (tertiary/aromatic N) is 2. The molecule has 1 rings (SSSR count). The Morgan fingerprint density at radius 2 is 2.00 bits per heavy atom. The summed E-state index contributed by atoms with van der Waals surface area (Å²) in [6.07, 6.45) is 0. The molecule has 1 N–H and O–H groups in total. The van der Waals surface area contributed by atoms with Crippen molar-refractivity contribution in [3.05, 3.63) is 25.6 Å². The number of hydrogen-bond donors (Lipinski definition) is 1. The molecular weight excluding hydrogens is 446 g/mol. The summed E-state index contributed by atoms with van der Waals surface area (Å²) in [7, 11) is 0. The molecule has 0 heterocycles. The lowest BCUT2D eigenvalue weighted by atomic mass is 10.3. The standard InChI is InChI=1S/C11H8Br3N3O2/c1-2-19-11(18)9(5-15)16-17-10-7(13)3-6(12)4-8(10)14/h3-4,17H,2H2,1H3. The highest BCUT2D eigenvalue weighted by molar-refractivity contribution is 9.11. The zero-order chi connectivity index (χ0) is 14.4. The van der Waals surface area contributed by atoms with E-state index >= 15 is 0 Å². The van der Waals surface area contributed by atoms with Crippen molar-refractivity contribution >= 4 is 65.2 Å². The molecule has 1 aromatic rings. The van der Waals surface area contributed by atoms with Gasteiger partial charge in [0, 0.05) is 13.4 Å². The molecule has 0 atom stereocenters. The fourth-order valence-electron chi connectivity index (χ4n) is 1.08. The number of halogens is 3. The van der Waals surface area contributed by atoms with Gasteiger partial charge in [0.25, 0.3) is 0 Å². The lowest BCUT2D eigenvalue weighted by Gasteiger charge is -2.07. The Kier molecular flexibility index (Phi) is 6.48. The molecule has 0 saturated heterocycles. The van der Waals surface area contributed by atoms with E-state index in [9.17, 15) is 4.79 Å². The van der Waals surface area contributed by atoms with Crippen molar-refractivity contribution in [1.82, 2.24) is 0 Å². The Morgan fingerprint density at radius 3 is 2.47 bits per heavy atom. The predicted molar refractivity (Wildman–Crippen MR) is 82.8 cm³/mol. The molecule has 0 unspecified atom stereocenters. The van der Waals surface area contributed by atoms with Gasteiger partial charge in [-0.1, -0.05) is 15.9 Å². The second kappa shape index (κ2) is 7.62. The fourth-order valence-corrected chi connectivity index (χ4v) is 3.51. The second-order valence-electron chi connectivity index (χ2n) is 3.15. The van der Waals surface area contributed by atoms with E-state index < -0.39 is 5.97 Å². The highest BCUT2D eigenvalue weighted by Crippen LogP contribution is 2.34. The number of anilines is 1. The molecule has 0 fully saturated rings. The first-order chi connectivity index (χ1) is 8.99. The maximum absolute atomic E-state index is 11.4. The molecule has 0 bridgehead atoms. The molecule has 5 nitrogen and oxygen atoms in total. The summed E-state index contributed by atoms with van der Waals surface area (Å²) in [6.45, 7) is 1.84. The van der Waals surface area contributed by atoms with Crippen molar-refractivity contribution in [1.29, 1.82) is 5.26 Å². The lowest BCUT2D eigenvalue weighted by molar-refractivity contribution is -0.134. The van der Waals surface area contributed by atoms with Gasteiger partial charge in [0.15, 0.2) is 0 Å². The van der Waals surface area contributed by atoms with Crippen LogP contribution in [0.1, 0.15) is 6.92 Å². The smallest absolute Gasteiger partial charge is 0.369 e. The van der Waals surface area contributed by atoms with Gasteiger partial charge in [0.2, 0.25) is 5.71 Å². The number of carbonyl (C=O) groups excluding carboxylic acids is 1. The second-order valence-corrected chi connectivity index (χ2v) is 5.77. The number of rotatable bonds is 4. The molecule has 19 heavy (non-hydrogen) atoms. The number of nitrogens with one attached hydrogen (secondary N) is 1. The minimum atomic E-state index is -0.762.